The third kappa shape index (κ3) is 4.30. The van der Waals surface area contributed by atoms with Crippen molar-refractivity contribution in [2.45, 2.75) is 0 Å². The van der Waals surface area contributed by atoms with E-state index >= 15 is 0 Å². The fourth-order valence-electron chi connectivity index (χ4n) is 7.83. The van der Waals surface area contributed by atoms with E-state index in [9.17, 15) is 0 Å². The number of benzene rings is 8. The topological polar surface area (TPSA) is 51.8 Å². The highest BCUT2D eigenvalue weighted by Crippen LogP contribution is 2.41. The number of fused-ring (bicyclic) bond motifs is 5. The highest BCUT2D eigenvalue weighted by molar-refractivity contribution is 6.25. The predicted molar refractivity (Wildman–Crippen MR) is 210 cm³/mol. The first-order chi connectivity index (χ1) is 25.3. The Hall–Kier alpha value is -6.91. The molecule has 4 nitrogen and oxygen atoms in total. The molecule has 0 fully saturated rings. The summed E-state index contributed by atoms with van der Waals surface area (Å²) in [5.74, 6) is 0.675. The van der Waals surface area contributed by atoms with Gasteiger partial charge in [0, 0.05) is 33.0 Å². The van der Waals surface area contributed by atoms with E-state index in [1.54, 1.807) is 0 Å². The first-order valence-electron chi connectivity index (χ1n) is 17.2. The number of nitrogens with zero attached hydrogens (tertiary/aromatic N) is 3. The summed E-state index contributed by atoms with van der Waals surface area (Å²) >= 11 is 0. The number of aromatic nitrogens is 3. The van der Waals surface area contributed by atoms with Crippen molar-refractivity contribution in [2.75, 3.05) is 0 Å². The molecule has 0 unspecified atom stereocenters. The quantitative estimate of drug-likeness (QED) is 0.178. The van der Waals surface area contributed by atoms with Crippen LogP contribution in [-0.4, -0.2) is 15.0 Å². The first kappa shape index (κ1) is 28.0. The van der Waals surface area contributed by atoms with Crippen molar-refractivity contribution >= 4 is 65.2 Å². The lowest BCUT2D eigenvalue weighted by Crippen LogP contribution is -1.97. The number of para-hydroxylation sites is 2. The fraction of sp³-hybridized carbons (Fsp3) is 0. The van der Waals surface area contributed by atoms with Crippen molar-refractivity contribution < 1.29 is 4.42 Å². The largest absolute Gasteiger partial charge is 0.455 e. The second kappa shape index (κ2) is 10.8. The zero-order valence-electron chi connectivity index (χ0n) is 27.3. The molecule has 4 heteroatoms. The zero-order valence-corrected chi connectivity index (χ0v) is 27.3. The van der Waals surface area contributed by atoms with Crippen LogP contribution in [0.5, 0.6) is 0 Å². The van der Waals surface area contributed by atoms with E-state index < -0.39 is 0 Å². The number of furan rings is 1. The lowest BCUT2D eigenvalue weighted by molar-refractivity contribution is 0.672. The smallest absolute Gasteiger partial charge is 0.160 e. The molecule has 0 aliphatic heterocycles. The molecule has 3 aromatic heterocycles. The van der Waals surface area contributed by atoms with Gasteiger partial charge < -0.3 is 4.42 Å². The minimum absolute atomic E-state index is 0.675. The molecule has 0 aliphatic rings. The van der Waals surface area contributed by atoms with Crippen molar-refractivity contribution in [3.8, 4) is 45.2 Å². The fourth-order valence-corrected chi connectivity index (χ4v) is 7.83. The van der Waals surface area contributed by atoms with Gasteiger partial charge in [0.15, 0.2) is 5.82 Å². The molecule has 0 atom stereocenters. The second-order valence-corrected chi connectivity index (χ2v) is 13.2. The summed E-state index contributed by atoms with van der Waals surface area (Å²) in [7, 11) is 0. The third-order valence-corrected chi connectivity index (χ3v) is 10.2. The standard InChI is InChI=1S/C47H27N3O/c1-2-9-28(10-3-1)39-27-40(34-25-23-31-18-17-29-11-8-12-30-24-26-35(34)43(31)42(29)30)50-47(49-39)33-21-19-32(20-22-33)45-44-37-14-5-7-16-41(37)51-46(44)36-13-4-6-15-38(36)48-45/h1-27H. The molecule has 0 N–H and O–H groups in total. The van der Waals surface area contributed by atoms with Gasteiger partial charge >= 0.3 is 0 Å². The van der Waals surface area contributed by atoms with Crippen LogP contribution < -0.4 is 0 Å². The van der Waals surface area contributed by atoms with Crippen LogP contribution in [0.1, 0.15) is 0 Å². The van der Waals surface area contributed by atoms with E-state index in [4.69, 9.17) is 19.4 Å². The average Bonchev–Trinajstić information content (AvgIpc) is 3.60. The summed E-state index contributed by atoms with van der Waals surface area (Å²) in [4.78, 5) is 15.6. The molecule has 3 heterocycles. The van der Waals surface area contributed by atoms with Crippen molar-refractivity contribution in [3.05, 3.63) is 164 Å². The van der Waals surface area contributed by atoms with Crippen molar-refractivity contribution in [3.63, 3.8) is 0 Å². The highest BCUT2D eigenvalue weighted by atomic mass is 16.3. The average molecular weight is 650 g/mol. The molecule has 0 aliphatic carbocycles. The van der Waals surface area contributed by atoms with Crippen LogP contribution in [0.4, 0.5) is 0 Å². The van der Waals surface area contributed by atoms with E-state index in [2.05, 4.69) is 127 Å². The van der Waals surface area contributed by atoms with E-state index in [-0.39, 0.29) is 0 Å². The molecule has 0 amide bonds. The Balaban J connectivity index is 1.10. The molecule has 0 saturated heterocycles. The Bertz CT molecular complexity index is 3110. The van der Waals surface area contributed by atoms with Gasteiger partial charge in [0.05, 0.1) is 28.0 Å². The molecule has 8 aromatic carbocycles. The Kier molecular flexibility index (Phi) is 5.92. The molecule has 51 heavy (non-hydrogen) atoms. The maximum Gasteiger partial charge on any atom is 0.160 e. The Labute approximate surface area is 292 Å². The molecule has 0 bridgehead atoms. The van der Waals surface area contributed by atoms with E-state index in [0.717, 1.165) is 72.2 Å². The molecule has 0 spiro atoms. The molecular weight excluding hydrogens is 623 g/mol. The van der Waals surface area contributed by atoms with Crippen LogP contribution in [-0.2, 0) is 0 Å². The Morgan fingerprint density at radius 2 is 1.06 bits per heavy atom. The van der Waals surface area contributed by atoms with Crippen LogP contribution in [0, 0.1) is 0 Å². The van der Waals surface area contributed by atoms with Gasteiger partial charge in [-0.15, -0.1) is 0 Å². The summed E-state index contributed by atoms with van der Waals surface area (Å²) in [5.41, 5.74) is 9.37. The minimum Gasteiger partial charge on any atom is -0.455 e. The van der Waals surface area contributed by atoms with Crippen LogP contribution >= 0.6 is 0 Å². The van der Waals surface area contributed by atoms with Crippen LogP contribution in [0.25, 0.3) is 110 Å². The maximum atomic E-state index is 6.44. The van der Waals surface area contributed by atoms with Crippen molar-refractivity contribution in [1.82, 2.24) is 15.0 Å². The van der Waals surface area contributed by atoms with Crippen LogP contribution in [0.15, 0.2) is 168 Å². The lowest BCUT2D eigenvalue weighted by Gasteiger charge is -2.15. The molecule has 11 aromatic rings. The summed E-state index contributed by atoms with van der Waals surface area (Å²) in [6.07, 6.45) is 0. The van der Waals surface area contributed by atoms with E-state index in [1.165, 1.54) is 32.3 Å². The predicted octanol–water partition coefficient (Wildman–Crippen LogP) is 12.5. The van der Waals surface area contributed by atoms with Gasteiger partial charge in [-0.25, -0.2) is 15.0 Å². The molecule has 0 saturated carbocycles. The molecule has 0 radical (unpaired) electrons. The molecule has 11 rings (SSSR count). The zero-order chi connectivity index (χ0) is 33.5. The summed E-state index contributed by atoms with van der Waals surface area (Å²) < 4.78 is 6.44. The van der Waals surface area contributed by atoms with E-state index in [1.807, 2.05) is 36.4 Å². The molecule has 236 valence electrons. The summed E-state index contributed by atoms with van der Waals surface area (Å²) in [6.45, 7) is 0. The molecular formula is C47H27N3O. The Morgan fingerprint density at radius 1 is 0.392 bits per heavy atom. The summed E-state index contributed by atoms with van der Waals surface area (Å²) in [5, 5.41) is 10.6. The number of hydrogen-bond acceptors (Lipinski definition) is 4. The number of hydrogen-bond donors (Lipinski definition) is 0. The van der Waals surface area contributed by atoms with Gasteiger partial charge in [-0.3, -0.25) is 0 Å². The van der Waals surface area contributed by atoms with E-state index in [0.29, 0.717) is 5.82 Å². The highest BCUT2D eigenvalue weighted by Gasteiger charge is 2.19. The van der Waals surface area contributed by atoms with Gasteiger partial charge in [-0.2, -0.15) is 0 Å². The third-order valence-electron chi connectivity index (χ3n) is 10.2. The monoisotopic (exact) mass is 649 g/mol. The van der Waals surface area contributed by atoms with Crippen molar-refractivity contribution in [2.24, 2.45) is 0 Å². The SMILES string of the molecule is c1ccc(-c2cc(-c3ccc4ccc5cccc6ccc3c4c56)nc(-c3ccc(-c4nc5ccccc5c5oc6ccccc6c45)cc3)n2)cc1. The maximum absolute atomic E-state index is 6.44. The minimum atomic E-state index is 0.675. The van der Waals surface area contributed by atoms with Gasteiger partial charge in [0.1, 0.15) is 11.2 Å². The number of pyridine rings is 1. The van der Waals surface area contributed by atoms with Crippen LogP contribution in [0.2, 0.25) is 0 Å². The lowest BCUT2D eigenvalue weighted by atomic mass is 9.91. The van der Waals surface area contributed by atoms with Crippen LogP contribution in [0.3, 0.4) is 0 Å². The van der Waals surface area contributed by atoms with Gasteiger partial charge in [0.2, 0.25) is 0 Å². The second-order valence-electron chi connectivity index (χ2n) is 13.2. The first-order valence-corrected chi connectivity index (χ1v) is 17.2. The Morgan fingerprint density at radius 3 is 1.90 bits per heavy atom. The normalized spacial score (nSPS) is 11.9. The van der Waals surface area contributed by atoms with Gasteiger partial charge in [-0.1, -0.05) is 140 Å². The summed E-state index contributed by atoms with van der Waals surface area (Å²) in [6, 6.07) is 57.2. The van der Waals surface area contributed by atoms with Gasteiger partial charge in [-0.05, 0) is 56.6 Å². The van der Waals surface area contributed by atoms with Crippen molar-refractivity contribution in [1.29, 1.82) is 0 Å². The number of rotatable bonds is 4. The van der Waals surface area contributed by atoms with Gasteiger partial charge in [0.25, 0.3) is 0 Å².